The van der Waals surface area contributed by atoms with Gasteiger partial charge in [-0.25, -0.2) is 0 Å². The second-order valence-electron chi connectivity index (χ2n) is 8.87. The molecule has 158 valence electrons. The van der Waals surface area contributed by atoms with Crippen LogP contribution in [0.1, 0.15) is 0 Å². The summed E-state index contributed by atoms with van der Waals surface area (Å²) in [4.78, 5) is 5.58. The molecule has 0 radical (unpaired) electrons. The molecule has 0 aliphatic carbocycles. The van der Waals surface area contributed by atoms with E-state index in [0.29, 0.717) is 0 Å². The highest BCUT2D eigenvalue weighted by Crippen LogP contribution is 2.40. The summed E-state index contributed by atoms with van der Waals surface area (Å²) in [6.07, 6.45) is 0. The van der Waals surface area contributed by atoms with Crippen LogP contribution in [0.2, 0.25) is 0 Å². The number of hydrogen-bond donors (Lipinski definition) is 0. The number of hydrogen-bond acceptors (Lipinski definition) is 2. The van der Waals surface area contributed by atoms with E-state index < -0.39 is 0 Å². The number of rotatable bonds is 2. The van der Waals surface area contributed by atoms with E-state index in [1.165, 1.54) is 52.4 Å². The van der Waals surface area contributed by atoms with Gasteiger partial charge in [0.05, 0.1) is 0 Å². The van der Waals surface area contributed by atoms with Crippen LogP contribution in [0, 0.1) is 0 Å². The number of fused-ring (bicyclic) bond motifs is 5. The molecule has 2 aliphatic heterocycles. The second kappa shape index (κ2) is 8.30. The molecule has 4 heteroatoms. The summed E-state index contributed by atoms with van der Waals surface area (Å²) >= 11 is 3.89. The summed E-state index contributed by atoms with van der Waals surface area (Å²) in [5.74, 6) is 0. The fourth-order valence-corrected chi connectivity index (χ4v) is 8.07. The van der Waals surface area contributed by atoms with Gasteiger partial charge in [-0.1, -0.05) is 165 Å². The van der Waals surface area contributed by atoms with Crippen molar-refractivity contribution in [3.05, 3.63) is 121 Å². The predicted octanol–water partition coefficient (Wildman–Crippen LogP) is 3.65. The van der Waals surface area contributed by atoms with Crippen LogP contribution in [0.5, 0.6) is 0 Å². The fraction of sp³-hybridized carbons (Fsp3) is 0. The highest BCUT2D eigenvalue weighted by atomic mass is 32.2. The van der Waals surface area contributed by atoms with Gasteiger partial charge in [0, 0.05) is 19.6 Å². The topological polar surface area (TPSA) is 0 Å². The van der Waals surface area contributed by atoms with Crippen molar-refractivity contribution in [1.82, 2.24) is 0 Å². The molecule has 0 nitrogen and oxygen atoms in total. The Morgan fingerprint density at radius 3 is 1.18 bits per heavy atom. The lowest BCUT2D eigenvalue weighted by Gasteiger charge is -2.33. The van der Waals surface area contributed by atoms with Gasteiger partial charge in [0.1, 0.15) is 0 Å². The van der Waals surface area contributed by atoms with Crippen molar-refractivity contribution in [3.8, 4) is 0 Å². The van der Waals surface area contributed by atoms with Gasteiger partial charge < -0.3 is 0 Å². The third kappa shape index (κ3) is 3.20. The van der Waals surface area contributed by atoms with Crippen LogP contribution < -0.4 is 32.8 Å². The first-order valence-electron chi connectivity index (χ1n) is 11.7. The first-order valence-corrected chi connectivity index (χ1v) is 13.3. The van der Waals surface area contributed by atoms with Crippen molar-refractivity contribution in [2.75, 3.05) is 0 Å². The first kappa shape index (κ1) is 20.3. The van der Waals surface area contributed by atoms with Crippen LogP contribution >= 0.6 is 23.5 Å². The average Bonchev–Trinajstić information content (AvgIpc) is 2.91. The maximum atomic E-state index is 2.40. The Balaban J connectivity index is 1.48. The summed E-state index contributed by atoms with van der Waals surface area (Å²) in [6, 6.07) is 44.6. The second-order valence-corrected chi connectivity index (χ2v) is 11.0. The lowest BCUT2D eigenvalue weighted by atomic mass is 9.34. The average molecular weight is 466 g/mol. The smallest absolute Gasteiger partial charge is 0.0900 e. The summed E-state index contributed by atoms with van der Waals surface area (Å²) in [7, 11) is 0. The standard InChI is InChI=1S/C30H20B2S2/c1-3-11-21(12-4-1)31-23-15-7-9-17-27(23)33-29-25(31)19-20-26-30(29)34-28-18-10-8-16-24(28)32(26)22-13-5-2-6-14-22/h1-20H. The fourth-order valence-electron chi connectivity index (χ4n) is 5.45. The normalized spacial score (nSPS) is 13.5. The predicted molar refractivity (Wildman–Crippen MR) is 150 cm³/mol. The van der Waals surface area contributed by atoms with Crippen molar-refractivity contribution in [2.24, 2.45) is 0 Å². The molecule has 5 aromatic carbocycles. The Kier molecular flexibility index (Phi) is 4.96. The monoisotopic (exact) mass is 466 g/mol. The third-order valence-electron chi connectivity index (χ3n) is 6.94. The van der Waals surface area contributed by atoms with Crippen molar-refractivity contribution in [2.45, 2.75) is 19.6 Å². The Labute approximate surface area is 210 Å². The minimum Gasteiger partial charge on any atom is -0.0900 e. The Bertz CT molecular complexity index is 1400. The van der Waals surface area contributed by atoms with Gasteiger partial charge >= 0.3 is 0 Å². The molecule has 0 unspecified atom stereocenters. The van der Waals surface area contributed by atoms with Gasteiger partial charge in [0.2, 0.25) is 13.4 Å². The van der Waals surface area contributed by atoms with Gasteiger partial charge in [-0.05, 0) is 12.1 Å². The summed E-state index contributed by atoms with van der Waals surface area (Å²) in [6.45, 7) is 0.513. The van der Waals surface area contributed by atoms with Gasteiger partial charge in [-0.15, -0.1) is 0 Å². The molecule has 0 saturated heterocycles. The lowest BCUT2D eigenvalue weighted by molar-refractivity contribution is 1.28. The van der Waals surface area contributed by atoms with Crippen LogP contribution in [0.4, 0.5) is 0 Å². The quantitative estimate of drug-likeness (QED) is 0.357. The van der Waals surface area contributed by atoms with E-state index in [-0.39, 0.29) is 13.4 Å². The van der Waals surface area contributed by atoms with Crippen LogP contribution in [0.25, 0.3) is 0 Å². The molecule has 7 rings (SSSR count). The number of benzene rings is 5. The molecule has 2 aliphatic rings. The van der Waals surface area contributed by atoms with Gasteiger partial charge in [-0.2, -0.15) is 0 Å². The van der Waals surface area contributed by atoms with E-state index in [2.05, 4.69) is 121 Å². The Morgan fingerprint density at radius 2 is 0.735 bits per heavy atom. The molecule has 0 amide bonds. The van der Waals surface area contributed by atoms with E-state index in [4.69, 9.17) is 0 Å². The molecule has 2 heterocycles. The van der Waals surface area contributed by atoms with Crippen LogP contribution in [-0.4, -0.2) is 13.4 Å². The SMILES string of the molecule is c1ccc(B2c3ccccc3Sc3c2ccc2c3Sc3ccccc3B2c2ccccc2)cc1. The maximum Gasteiger partial charge on any atom is 0.244 e. The van der Waals surface area contributed by atoms with Gasteiger partial charge in [0.25, 0.3) is 0 Å². The first-order chi connectivity index (χ1) is 16.9. The van der Waals surface area contributed by atoms with E-state index >= 15 is 0 Å². The molecule has 0 spiro atoms. The van der Waals surface area contributed by atoms with Crippen LogP contribution in [-0.2, 0) is 0 Å². The molecule has 0 saturated carbocycles. The molecule has 0 bridgehead atoms. The van der Waals surface area contributed by atoms with E-state index in [9.17, 15) is 0 Å². The molecular weight excluding hydrogens is 446 g/mol. The highest BCUT2D eigenvalue weighted by Gasteiger charge is 2.37. The molecule has 0 atom stereocenters. The Morgan fingerprint density at radius 1 is 0.353 bits per heavy atom. The van der Waals surface area contributed by atoms with Crippen LogP contribution in [0.15, 0.2) is 141 Å². The lowest BCUT2D eigenvalue weighted by Crippen LogP contribution is -2.58. The largest absolute Gasteiger partial charge is 0.244 e. The minimum atomic E-state index is 0.256. The van der Waals surface area contributed by atoms with Crippen molar-refractivity contribution in [3.63, 3.8) is 0 Å². The van der Waals surface area contributed by atoms with E-state index in [1.807, 2.05) is 23.5 Å². The van der Waals surface area contributed by atoms with Crippen molar-refractivity contribution < 1.29 is 0 Å². The molecular formula is C30H20B2S2. The van der Waals surface area contributed by atoms with E-state index in [1.54, 1.807) is 0 Å². The highest BCUT2D eigenvalue weighted by molar-refractivity contribution is 8.03. The zero-order valence-corrected chi connectivity index (χ0v) is 20.2. The molecule has 34 heavy (non-hydrogen) atoms. The van der Waals surface area contributed by atoms with Crippen molar-refractivity contribution >= 4 is 69.7 Å². The molecule has 0 fully saturated rings. The summed E-state index contributed by atoms with van der Waals surface area (Å²) in [5, 5.41) is 0. The zero-order chi connectivity index (χ0) is 22.5. The summed E-state index contributed by atoms with van der Waals surface area (Å²) in [5.41, 5.74) is 8.38. The molecule has 0 N–H and O–H groups in total. The molecule has 0 aromatic heterocycles. The third-order valence-corrected chi connectivity index (χ3v) is 9.55. The summed E-state index contributed by atoms with van der Waals surface area (Å²) < 4.78 is 0. The zero-order valence-electron chi connectivity index (χ0n) is 18.5. The Hall–Kier alpha value is -3.07. The van der Waals surface area contributed by atoms with Crippen molar-refractivity contribution in [1.29, 1.82) is 0 Å². The van der Waals surface area contributed by atoms with E-state index in [0.717, 1.165) is 0 Å². The minimum absolute atomic E-state index is 0.256. The molecule has 5 aromatic rings. The maximum absolute atomic E-state index is 2.40. The van der Waals surface area contributed by atoms with Crippen LogP contribution in [0.3, 0.4) is 0 Å². The van der Waals surface area contributed by atoms with Gasteiger partial charge in [-0.3, -0.25) is 0 Å². The van der Waals surface area contributed by atoms with Gasteiger partial charge in [0.15, 0.2) is 0 Å².